The van der Waals surface area contributed by atoms with Crippen molar-refractivity contribution in [3.63, 3.8) is 0 Å². The molecule has 1 saturated carbocycles. The van der Waals surface area contributed by atoms with E-state index in [0.29, 0.717) is 17.3 Å². The van der Waals surface area contributed by atoms with Crippen LogP contribution in [-0.2, 0) is 0 Å². The first-order valence-corrected chi connectivity index (χ1v) is 7.93. The molecule has 25 heavy (non-hydrogen) atoms. The third-order valence-electron chi connectivity index (χ3n) is 4.07. The molecule has 2 aromatic carbocycles. The Morgan fingerprint density at radius 3 is 2.28 bits per heavy atom. The van der Waals surface area contributed by atoms with E-state index in [1.165, 1.54) is 37.0 Å². The molecule has 1 aliphatic rings. The summed E-state index contributed by atoms with van der Waals surface area (Å²) in [6.07, 6.45) is -1.17. The number of hydrogen-bond acceptors (Lipinski definition) is 2. The summed E-state index contributed by atoms with van der Waals surface area (Å²) in [4.78, 5) is 12.0. The van der Waals surface area contributed by atoms with Crippen molar-refractivity contribution < 1.29 is 22.7 Å². The van der Waals surface area contributed by atoms with E-state index in [4.69, 9.17) is 0 Å². The van der Waals surface area contributed by atoms with Crippen molar-refractivity contribution >= 4 is 17.4 Å². The van der Waals surface area contributed by atoms with E-state index >= 15 is 0 Å². The first-order valence-electron chi connectivity index (χ1n) is 7.93. The van der Waals surface area contributed by atoms with Gasteiger partial charge in [0.15, 0.2) is 0 Å². The molecular formula is C18H17F3N2O2. The number of benzene rings is 2. The van der Waals surface area contributed by atoms with E-state index < -0.39 is 12.4 Å². The quantitative estimate of drug-likeness (QED) is 0.765. The molecule has 0 heterocycles. The molecule has 0 saturated heterocycles. The summed E-state index contributed by atoms with van der Waals surface area (Å²) < 4.78 is 40.1. The SMILES string of the molecule is O=C(Nc1ccc(OC(F)(F)F)cc1)Nc1cccc(C2CCC2)c1. The van der Waals surface area contributed by atoms with Crippen LogP contribution in [0.1, 0.15) is 30.7 Å². The van der Waals surface area contributed by atoms with Gasteiger partial charge in [0.25, 0.3) is 0 Å². The highest BCUT2D eigenvalue weighted by atomic mass is 19.4. The zero-order chi connectivity index (χ0) is 17.9. The zero-order valence-electron chi connectivity index (χ0n) is 13.3. The van der Waals surface area contributed by atoms with Crippen LogP contribution in [0, 0.1) is 0 Å². The first kappa shape index (κ1) is 17.1. The molecule has 3 rings (SSSR count). The molecule has 1 aliphatic carbocycles. The van der Waals surface area contributed by atoms with Gasteiger partial charge in [0.05, 0.1) is 0 Å². The van der Waals surface area contributed by atoms with Gasteiger partial charge in [-0.2, -0.15) is 0 Å². The number of hydrogen-bond donors (Lipinski definition) is 2. The molecule has 0 atom stereocenters. The second-order valence-electron chi connectivity index (χ2n) is 5.90. The summed E-state index contributed by atoms with van der Waals surface area (Å²) in [5.74, 6) is 0.220. The van der Waals surface area contributed by atoms with Crippen molar-refractivity contribution in [2.75, 3.05) is 10.6 Å². The van der Waals surface area contributed by atoms with Crippen LogP contribution in [0.25, 0.3) is 0 Å². The maximum atomic E-state index is 12.1. The molecule has 0 aliphatic heterocycles. The summed E-state index contributed by atoms with van der Waals surface area (Å²) in [6, 6.07) is 12.2. The normalized spacial score (nSPS) is 14.5. The highest BCUT2D eigenvalue weighted by Crippen LogP contribution is 2.37. The number of rotatable bonds is 4. The lowest BCUT2D eigenvalue weighted by atomic mass is 9.80. The Bertz CT molecular complexity index is 741. The monoisotopic (exact) mass is 350 g/mol. The highest BCUT2D eigenvalue weighted by molar-refractivity contribution is 5.99. The molecule has 0 radical (unpaired) electrons. The van der Waals surface area contributed by atoms with Crippen LogP contribution >= 0.6 is 0 Å². The standard InChI is InChI=1S/C18H17F3N2O2/c19-18(20,21)25-16-9-7-14(8-10-16)22-17(24)23-15-6-2-5-13(11-15)12-3-1-4-12/h2,5-12H,1,3-4H2,(H2,22,23,24). The second-order valence-corrected chi connectivity index (χ2v) is 5.90. The van der Waals surface area contributed by atoms with Crippen molar-refractivity contribution in [3.05, 3.63) is 54.1 Å². The van der Waals surface area contributed by atoms with Crippen LogP contribution in [-0.4, -0.2) is 12.4 Å². The molecule has 0 aromatic heterocycles. The minimum absolute atomic E-state index is 0.341. The summed E-state index contributed by atoms with van der Waals surface area (Å²) >= 11 is 0. The van der Waals surface area contributed by atoms with E-state index in [1.54, 1.807) is 6.07 Å². The number of urea groups is 1. The lowest BCUT2D eigenvalue weighted by molar-refractivity contribution is -0.274. The lowest BCUT2D eigenvalue weighted by Gasteiger charge is -2.26. The Kier molecular flexibility index (Phi) is 4.83. The van der Waals surface area contributed by atoms with Gasteiger partial charge in [-0.05, 0) is 60.7 Å². The number of amides is 2. The minimum atomic E-state index is -4.74. The smallest absolute Gasteiger partial charge is 0.406 e. The molecular weight excluding hydrogens is 333 g/mol. The maximum absolute atomic E-state index is 12.1. The van der Waals surface area contributed by atoms with Gasteiger partial charge in [-0.25, -0.2) is 4.79 Å². The summed E-state index contributed by atoms with van der Waals surface area (Å²) in [7, 11) is 0. The molecule has 1 fully saturated rings. The summed E-state index contributed by atoms with van der Waals surface area (Å²) in [6.45, 7) is 0. The topological polar surface area (TPSA) is 50.4 Å². The predicted octanol–water partition coefficient (Wildman–Crippen LogP) is 5.50. The van der Waals surface area contributed by atoms with Gasteiger partial charge in [0.1, 0.15) is 5.75 Å². The van der Waals surface area contributed by atoms with Gasteiger partial charge < -0.3 is 15.4 Å². The van der Waals surface area contributed by atoms with Crippen LogP contribution in [0.4, 0.5) is 29.3 Å². The number of carbonyl (C=O) groups is 1. The maximum Gasteiger partial charge on any atom is 0.573 e. The highest BCUT2D eigenvalue weighted by Gasteiger charge is 2.30. The average Bonchev–Trinajstić information content (AvgIpc) is 2.46. The Morgan fingerprint density at radius 2 is 1.68 bits per heavy atom. The van der Waals surface area contributed by atoms with Gasteiger partial charge in [-0.15, -0.1) is 13.2 Å². The Labute approximate surface area is 143 Å². The lowest BCUT2D eigenvalue weighted by Crippen LogP contribution is -2.20. The van der Waals surface area contributed by atoms with E-state index in [-0.39, 0.29) is 5.75 Å². The van der Waals surface area contributed by atoms with Gasteiger partial charge in [-0.1, -0.05) is 18.6 Å². The summed E-state index contributed by atoms with van der Waals surface area (Å²) in [5.41, 5.74) is 2.25. The minimum Gasteiger partial charge on any atom is -0.406 e. The molecule has 7 heteroatoms. The van der Waals surface area contributed by atoms with E-state index in [1.807, 2.05) is 18.2 Å². The Hall–Kier alpha value is -2.70. The van der Waals surface area contributed by atoms with E-state index in [9.17, 15) is 18.0 Å². The van der Waals surface area contributed by atoms with Gasteiger partial charge in [0, 0.05) is 11.4 Å². The van der Waals surface area contributed by atoms with E-state index in [0.717, 1.165) is 12.1 Å². The van der Waals surface area contributed by atoms with Crippen molar-refractivity contribution in [1.82, 2.24) is 0 Å². The predicted molar refractivity (Wildman–Crippen MR) is 88.8 cm³/mol. The number of anilines is 2. The number of ether oxygens (including phenoxy) is 1. The number of alkyl halides is 3. The third-order valence-corrected chi connectivity index (χ3v) is 4.07. The molecule has 0 spiro atoms. The summed E-state index contributed by atoms with van der Waals surface area (Å²) in [5, 5.41) is 5.30. The number of nitrogens with one attached hydrogen (secondary N) is 2. The van der Waals surface area contributed by atoms with Crippen molar-refractivity contribution in [3.8, 4) is 5.75 Å². The Balaban J connectivity index is 1.57. The third kappa shape index (κ3) is 4.89. The van der Waals surface area contributed by atoms with Crippen LogP contribution in [0.15, 0.2) is 48.5 Å². The van der Waals surface area contributed by atoms with E-state index in [2.05, 4.69) is 15.4 Å². The average molecular weight is 350 g/mol. The number of carbonyl (C=O) groups excluding carboxylic acids is 1. The molecule has 2 aromatic rings. The molecule has 0 bridgehead atoms. The molecule has 2 amide bonds. The Morgan fingerprint density at radius 1 is 1.00 bits per heavy atom. The largest absolute Gasteiger partial charge is 0.573 e. The van der Waals surface area contributed by atoms with Crippen LogP contribution in [0.5, 0.6) is 5.75 Å². The molecule has 4 nitrogen and oxygen atoms in total. The van der Waals surface area contributed by atoms with Crippen LogP contribution in [0.2, 0.25) is 0 Å². The van der Waals surface area contributed by atoms with Crippen molar-refractivity contribution in [1.29, 1.82) is 0 Å². The number of halogens is 3. The van der Waals surface area contributed by atoms with Crippen LogP contribution in [0.3, 0.4) is 0 Å². The van der Waals surface area contributed by atoms with Crippen LogP contribution < -0.4 is 15.4 Å². The van der Waals surface area contributed by atoms with Crippen molar-refractivity contribution in [2.45, 2.75) is 31.5 Å². The molecule has 0 unspecified atom stereocenters. The second kappa shape index (κ2) is 7.04. The van der Waals surface area contributed by atoms with Gasteiger partial charge >= 0.3 is 12.4 Å². The van der Waals surface area contributed by atoms with Crippen molar-refractivity contribution in [2.24, 2.45) is 0 Å². The molecule has 132 valence electrons. The fourth-order valence-corrected chi connectivity index (χ4v) is 2.65. The zero-order valence-corrected chi connectivity index (χ0v) is 13.3. The fourth-order valence-electron chi connectivity index (χ4n) is 2.65. The fraction of sp³-hybridized carbons (Fsp3) is 0.278. The molecule has 2 N–H and O–H groups in total. The first-order chi connectivity index (χ1) is 11.9. The van der Waals surface area contributed by atoms with Gasteiger partial charge in [-0.3, -0.25) is 0 Å². The van der Waals surface area contributed by atoms with Gasteiger partial charge in [0.2, 0.25) is 0 Å².